The van der Waals surface area contributed by atoms with E-state index in [0.29, 0.717) is 17.4 Å². The third-order valence-electron chi connectivity index (χ3n) is 3.33. The first-order valence-electron chi connectivity index (χ1n) is 6.93. The fourth-order valence-electron chi connectivity index (χ4n) is 2.16. The Labute approximate surface area is 130 Å². The lowest BCUT2D eigenvalue weighted by molar-refractivity contribution is 0.0948. The van der Waals surface area contributed by atoms with Crippen LogP contribution in [0.25, 0.3) is 11.0 Å². The molecule has 0 saturated heterocycles. The average molecular weight is 313 g/mol. The van der Waals surface area contributed by atoms with Crippen LogP contribution < -0.4 is 15.6 Å². The van der Waals surface area contributed by atoms with Gasteiger partial charge < -0.3 is 20.0 Å². The number of amides is 1. The molecule has 3 rings (SSSR count). The summed E-state index contributed by atoms with van der Waals surface area (Å²) in [5.74, 6) is 1.25. The number of ether oxygens (including phenoxy) is 1. The third kappa shape index (κ3) is 3.05. The quantitative estimate of drug-likeness (QED) is 0.662. The minimum absolute atomic E-state index is 0.0339. The highest BCUT2D eigenvalue weighted by Gasteiger charge is 2.12. The van der Waals surface area contributed by atoms with E-state index in [2.05, 4.69) is 25.3 Å². The summed E-state index contributed by atoms with van der Waals surface area (Å²) in [4.78, 5) is 37.6. The number of nitrogens with one attached hydrogen (secondary N) is 3. The van der Waals surface area contributed by atoms with Gasteiger partial charge in [0.2, 0.25) is 0 Å². The summed E-state index contributed by atoms with van der Waals surface area (Å²) in [6.07, 6.45) is 1.26. The topological polar surface area (TPSA) is 113 Å². The molecule has 0 fully saturated rings. The van der Waals surface area contributed by atoms with Gasteiger partial charge in [0.1, 0.15) is 23.0 Å². The van der Waals surface area contributed by atoms with Gasteiger partial charge in [-0.2, -0.15) is 0 Å². The molecule has 8 heteroatoms. The van der Waals surface area contributed by atoms with Crippen LogP contribution in [0.15, 0.2) is 29.2 Å². The second-order valence-electron chi connectivity index (χ2n) is 4.96. The number of aromatic amines is 2. The molecule has 2 aromatic heterocycles. The number of fused-ring (bicyclic) bond motifs is 1. The first-order valence-corrected chi connectivity index (χ1v) is 6.93. The number of carbonyl (C=O) groups is 1. The largest absolute Gasteiger partial charge is 0.497 e. The molecule has 0 aliphatic rings. The first kappa shape index (κ1) is 14.8. The number of nitrogens with zero attached hydrogens (tertiary/aromatic N) is 2. The highest BCUT2D eigenvalue weighted by atomic mass is 16.5. The number of carbonyl (C=O) groups excluding carboxylic acids is 1. The van der Waals surface area contributed by atoms with E-state index in [0.717, 1.165) is 11.0 Å². The Kier molecular flexibility index (Phi) is 3.80. The van der Waals surface area contributed by atoms with Crippen molar-refractivity contribution in [2.24, 2.45) is 0 Å². The van der Waals surface area contributed by atoms with E-state index in [-0.39, 0.29) is 12.1 Å². The lowest BCUT2D eigenvalue weighted by atomic mass is 10.3. The SMILES string of the molecule is COc1ccc2nc(CNC(=O)c3cnc(C)[nH]c3=O)[nH]c2c1. The maximum Gasteiger partial charge on any atom is 0.263 e. The van der Waals surface area contributed by atoms with Crippen molar-refractivity contribution in [2.45, 2.75) is 13.5 Å². The zero-order valence-corrected chi connectivity index (χ0v) is 12.6. The Morgan fingerprint density at radius 3 is 2.91 bits per heavy atom. The van der Waals surface area contributed by atoms with Crippen LogP contribution in [0.2, 0.25) is 0 Å². The fraction of sp³-hybridized carbons (Fsp3) is 0.200. The van der Waals surface area contributed by atoms with E-state index in [1.807, 2.05) is 18.2 Å². The summed E-state index contributed by atoms with van der Waals surface area (Å²) in [5, 5.41) is 2.64. The molecule has 1 amide bonds. The summed E-state index contributed by atoms with van der Waals surface area (Å²) >= 11 is 0. The minimum Gasteiger partial charge on any atom is -0.497 e. The van der Waals surface area contributed by atoms with Crippen LogP contribution in [-0.4, -0.2) is 33.0 Å². The van der Waals surface area contributed by atoms with Crippen molar-refractivity contribution in [1.29, 1.82) is 0 Å². The number of hydrogen-bond acceptors (Lipinski definition) is 5. The number of benzene rings is 1. The van der Waals surface area contributed by atoms with Gasteiger partial charge in [-0.3, -0.25) is 9.59 Å². The minimum atomic E-state index is -0.503. The highest BCUT2D eigenvalue weighted by Crippen LogP contribution is 2.18. The van der Waals surface area contributed by atoms with Gasteiger partial charge >= 0.3 is 0 Å². The van der Waals surface area contributed by atoms with Gasteiger partial charge in [-0.05, 0) is 19.1 Å². The van der Waals surface area contributed by atoms with Crippen LogP contribution >= 0.6 is 0 Å². The maximum absolute atomic E-state index is 12.0. The van der Waals surface area contributed by atoms with Crippen LogP contribution in [-0.2, 0) is 6.54 Å². The Balaban J connectivity index is 1.75. The van der Waals surface area contributed by atoms with Gasteiger partial charge in [-0.1, -0.05) is 0 Å². The number of H-pyrrole nitrogens is 2. The number of rotatable bonds is 4. The van der Waals surface area contributed by atoms with Crippen molar-refractivity contribution >= 4 is 16.9 Å². The molecule has 0 unspecified atom stereocenters. The monoisotopic (exact) mass is 313 g/mol. The molecule has 0 aliphatic carbocycles. The number of aromatic nitrogens is 4. The maximum atomic E-state index is 12.0. The molecule has 8 nitrogen and oxygen atoms in total. The van der Waals surface area contributed by atoms with Crippen molar-refractivity contribution in [3.05, 3.63) is 52.0 Å². The Bertz CT molecular complexity index is 928. The number of methoxy groups -OCH3 is 1. The normalized spacial score (nSPS) is 10.7. The van der Waals surface area contributed by atoms with E-state index in [4.69, 9.17) is 4.74 Å². The molecule has 0 atom stereocenters. The van der Waals surface area contributed by atoms with Crippen LogP contribution in [0.1, 0.15) is 22.0 Å². The summed E-state index contributed by atoms with van der Waals surface area (Å²) in [6.45, 7) is 1.81. The zero-order chi connectivity index (χ0) is 16.4. The molecule has 0 radical (unpaired) electrons. The van der Waals surface area contributed by atoms with E-state index >= 15 is 0 Å². The lowest BCUT2D eigenvalue weighted by Gasteiger charge is -2.02. The van der Waals surface area contributed by atoms with Crippen LogP contribution in [0, 0.1) is 6.92 Å². The van der Waals surface area contributed by atoms with Gasteiger partial charge in [0, 0.05) is 12.3 Å². The van der Waals surface area contributed by atoms with E-state index < -0.39 is 11.5 Å². The predicted molar refractivity (Wildman–Crippen MR) is 83.4 cm³/mol. The zero-order valence-electron chi connectivity index (χ0n) is 12.6. The highest BCUT2D eigenvalue weighted by molar-refractivity contribution is 5.93. The molecule has 0 spiro atoms. The number of aryl methyl sites for hydroxylation is 1. The van der Waals surface area contributed by atoms with Crippen LogP contribution in [0.5, 0.6) is 5.75 Å². The molecule has 3 aromatic rings. The second-order valence-corrected chi connectivity index (χ2v) is 4.96. The van der Waals surface area contributed by atoms with Gasteiger partial charge in [-0.25, -0.2) is 9.97 Å². The third-order valence-corrected chi connectivity index (χ3v) is 3.33. The molecule has 23 heavy (non-hydrogen) atoms. The number of imidazole rings is 1. The van der Waals surface area contributed by atoms with E-state index in [9.17, 15) is 9.59 Å². The van der Waals surface area contributed by atoms with Crippen LogP contribution in [0.4, 0.5) is 0 Å². The summed E-state index contributed by atoms with van der Waals surface area (Å²) in [6, 6.07) is 5.45. The van der Waals surface area contributed by atoms with Gasteiger partial charge in [0.15, 0.2) is 0 Å². The van der Waals surface area contributed by atoms with E-state index in [1.165, 1.54) is 6.20 Å². The molecule has 0 aliphatic heterocycles. The van der Waals surface area contributed by atoms with Crippen LogP contribution in [0.3, 0.4) is 0 Å². The molecule has 0 saturated carbocycles. The smallest absolute Gasteiger partial charge is 0.263 e. The Morgan fingerprint density at radius 1 is 1.35 bits per heavy atom. The number of hydrogen-bond donors (Lipinski definition) is 3. The lowest BCUT2D eigenvalue weighted by Crippen LogP contribution is -2.30. The van der Waals surface area contributed by atoms with Gasteiger partial charge in [0.25, 0.3) is 11.5 Å². The molecule has 2 heterocycles. The fourth-order valence-corrected chi connectivity index (χ4v) is 2.16. The summed E-state index contributed by atoms with van der Waals surface area (Å²) in [5.41, 5.74) is 1.08. The second kappa shape index (κ2) is 5.91. The summed E-state index contributed by atoms with van der Waals surface area (Å²) < 4.78 is 5.15. The molecular formula is C15H15N5O3. The van der Waals surface area contributed by atoms with Gasteiger partial charge in [0.05, 0.1) is 24.7 Å². The molecule has 3 N–H and O–H groups in total. The van der Waals surface area contributed by atoms with Gasteiger partial charge in [-0.15, -0.1) is 0 Å². The summed E-state index contributed by atoms with van der Waals surface area (Å²) in [7, 11) is 1.59. The molecule has 118 valence electrons. The Morgan fingerprint density at radius 2 is 2.17 bits per heavy atom. The van der Waals surface area contributed by atoms with Crippen molar-refractivity contribution < 1.29 is 9.53 Å². The van der Waals surface area contributed by atoms with E-state index in [1.54, 1.807) is 14.0 Å². The van der Waals surface area contributed by atoms with Crippen molar-refractivity contribution in [3.8, 4) is 5.75 Å². The standard InChI is InChI=1S/C15H15N5O3/c1-8-16-6-10(15(22)18-8)14(21)17-7-13-19-11-4-3-9(23-2)5-12(11)20-13/h3-6H,7H2,1-2H3,(H,17,21)(H,19,20)(H,16,18,22). The first-order chi connectivity index (χ1) is 11.1. The van der Waals surface area contributed by atoms with Crippen molar-refractivity contribution in [2.75, 3.05) is 7.11 Å². The Hall–Kier alpha value is -3.16. The van der Waals surface area contributed by atoms with Crippen molar-refractivity contribution in [1.82, 2.24) is 25.3 Å². The average Bonchev–Trinajstić information content (AvgIpc) is 2.94. The molecular weight excluding hydrogens is 298 g/mol. The predicted octanol–water partition coefficient (Wildman–Crippen LogP) is 0.893. The molecule has 0 bridgehead atoms. The van der Waals surface area contributed by atoms with Crippen molar-refractivity contribution in [3.63, 3.8) is 0 Å². The molecule has 1 aromatic carbocycles.